The van der Waals surface area contributed by atoms with Gasteiger partial charge in [-0.05, 0) is 75.2 Å². The van der Waals surface area contributed by atoms with E-state index in [9.17, 15) is 0 Å². The van der Waals surface area contributed by atoms with E-state index >= 15 is 0 Å². The molecule has 0 radical (unpaired) electrons. The first-order chi connectivity index (χ1) is 16.9. The molecule has 2 aromatic rings. The van der Waals surface area contributed by atoms with Gasteiger partial charge in [0, 0.05) is 19.5 Å². The highest BCUT2D eigenvalue weighted by Crippen LogP contribution is 2.24. The van der Waals surface area contributed by atoms with Gasteiger partial charge in [-0.15, -0.1) is 6.58 Å². The van der Waals surface area contributed by atoms with Gasteiger partial charge in [0.05, 0.1) is 15.9 Å². The molecule has 1 heterocycles. The number of rotatable bonds is 7. The molecule has 1 fully saturated rings. The zero-order valence-corrected chi connectivity index (χ0v) is 22.1. The van der Waals surface area contributed by atoms with Crippen LogP contribution in [0.4, 0.5) is 0 Å². The molecule has 1 aliphatic heterocycles. The highest BCUT2D eigenvalue weighted by Gasteiger charge is 2.19. The fraction of sp³-hybridized carbons (Fsp3) is 0.370. The van der Waals surface area contributed by atoms with Gasteiger partial charge in [0.15, 0.2) is 0 Å². The normalized spacial score (nSPS) is 12.3. The quantitative estimate of drug-likeness (QED) is 0.157. The predicted molar refractivity (Wildman–Crippen MR) is 151 cm³/mol. The number of hydrogen-bond acceptors (Lipinski definition) is 4. The van der Waals surface area contributed by atoms with Gasteiger partial charge in [0.1, 0.15) is 0 Å². The Kier molecular flexibility index (Phi) is 19.1. The van der Waals surface area contributed by atoms with Crippen molar-refractivity contribution in [1.29, 1.82) is 10.8 Å². The van der Waals surface area contributed by atoms with E-state index < -0.39 is 0 Å². The van der Waals surface area contributed by atoms with Crippen LogP contribution >= 0.6 is 23.2 Å². The summed E-state index contributed by atoms with van der Waals surface area (Å²) in [7, 11) is 0. The van der Waals surface area contributed by atoms with Gasteiger partial charge in [-0.25, -0.2) is 0 Å². The molecule has 1 saturated heterocycles. The third-order valence-corrected chi connectivity index (χ3v) is 5.93. The van der Waals surface area contributed by atoms with Crippen molar-refractivity contribution in [1.82, 2.24) is 10.2 Å². The maximum Gasteiger partial charge on any atom is 0.204 e. The summed E-state index contributed by atoms with van der Waals surface area (Å²) >= 11 is 12.3. The lowest BCUT2D eigenvalue weighted by atomic mass is 9.93. The molecule has 192 valence electrons. The van der Waals surface area contributed by atoms with Crippen LogP contribution < -0.4 is 11.1 Å². The number of primary amides is 1. The molecule has 8 heteroatoms. The number of benzene rings is 2. The molecule has 0 atom stereocenters. The number of amides is 1. The molecular formula is C27H39Cl2N5O. The third-order valence-electron chi connectivity index (χ3n) is 5.19. The highest BCUT2D eigenvalue weighted by molar-refractivity contribution is 6.42. The van der Waals surface area contributed by atoms with Gasteiger partial charge in [-0.3, -0.25) is 10.2 Å². The predicted octanol–water partition coefficient (Wildman–Crippen LogP) is 5.96. The van der Waals surface area contributed by atoms with Crippen molar-refractivity contribution in [3.63, 3.8) is 0 Å². The maximum absolute atomic E-state index is 8.74. The minimum Gasteiger partial charge on any atom is -0.372 e. The summed E-state index contributed by atoms with van der Waals surface area (Å²) in [6, 6.07) is 16.2. The number of hydrogen-bond donors (Lipinski definition) is 4. The Morgan fingerprint density at radius 1 is 1.11 bits per heavy atom. The number of carbonyl (C=O) groups excluding carboxylic acids is 1. The van der Waals surface area contributed by atoms with E-state index in [1.54, 1.807) is 6.08 Å². The number of piperidine rings is 1. The van der Waals surface area contributed by atoms with Crippen molar-refractivity contribution in [3.8, 4) is 0 Å². The van der Waals surface area contributed by atoms with Gasteiger partial charge >= 0.3 is 0 Å². The molecule has 6 nitrogen and oxygen atoms in total. The molecule has 0 aliphatic carbocycles. The van der Waals surface area contributed by atoms with E-state index in [0.717, 1.165) is 56.7 Å². The van der Waals surface area contributed by atoms with Crippen LogP contribution in [0.2, 0.25) is 10.0 Å². The van der Waals surface area contributed by atoms with Crippen LogP contribution in [0.5, 0.6) is 0 Å². The zero-order chi connectivity index (χ0) is 26.5. The number of allylic oxidation sites excluding steroid dienone is 1. The topological polar surface area (TPSA) is 106 Å². The number of nitrogens with zero attached hydrogens (tertiary/aromatic N) is 1. The summed E-state index contributed by atoms with van der Waals surface area (Å²) in [5.74, 6) is 1.33. The molecule has 35 heavy (non-hydrogen) atoms. The molecule has 0 unspecified atom stereocenters. The van der Waals surface area contributed by atoms with Crippen LogP contribution in [0.15, 0.2) is 61.2 Å². The molecule has 0 spiro atoms. The van der Waals surface area contributed by atoms with Crippen LogP contribution in [0, 0.1) is 16.7 Å². The van der Waals surface area contributed by atoms with Crippen molar-refractivity contribution in [3.05, 3.63) is 82.4 Å². The average Bonchev–Trinajstić information content (AvgIpc) is 2.87. The van der Waals surface area contributed by atoms with Crippen molar-refractivity contribution in [2.45, 2.75) is 39.2 Å². The lowest BCUT2D eigenvalue weighted by Crippen LogP contribution is -2.35. The summed E-state index contributed by atoms with van der Waals surface area (Å²) in [4.78, 5) is 10.8. The minimum absolute atomic E-state index is 0.250. The van der Waals surface area contributed by atoms with Gasteiger partial charge in [-0.1, -0.05) is 65.7 Å². The third kappa shape index (κ3) is 14.4. The lowest BCUT2D eigenvalue weighted by molar-refractivity contribution is -0.106. The van der Waals surface area contributed by atoms with E-state index in [-0.39, 0.29) is 6.41 Å². The van der Waals surface area contributed by atoms with Crippen LogP contribution in [0.25, 0.3) is 0 Å². The van der Waals surface area contributed by atoms with Crippen LogP contribution in [-0.2, 0) is 17.8 Å². The molecule has 1 amide bonds. The van der Waals surface area contributed by atoms with E-state index in [1.807, 2.05) is 31.2 Å². The number of nitrogens with two attached hydrogens (primary N) is 1. The van der Waals surface area contributed by atoms with Gasteiger partial charge in [-0.2, -0.15) is 0 Å². The standard InChI is InChI=1S/C22H27Cl2N3.C3H6.CH3NO.CH3N/c23-20-7-6-19(14-21(20)24)16-27(13-10-17-4-2-1-3-5-17)22(25)15-18-8-11-26-12-9-18;1-3-2;2-1-3;1-2/h1-7,14,18,25-26H,8-13,15-16H2;3H,1H2,2H3;1H,(H2,2,3);2H,1H2. The first kappa shape index (κ1) is 32.3. The van der Waals surface area contributed by atoms with E-state index in [4.69, 9.17) is 38.8 Å². The second-order valence-corrected chi connectivity index (χ2v) is 8.61. The fourth-order valence-electron chi connectivity index (χ4n) is 3.56. The van der Waals surface area contributed by atoms with Gasteiger partial charge < -0.3 is 21.4 Å². The number of amidine groups is 1. The summed E-state index contributed by atoms with van der Waals surface area (Å²) in [6.45, 7) is 11.4. The molecule has 3 rings (SSSR count). The molecule has 0 aromatic heterocycles. The maximum atomic E-state index is 8.74. The number of carbonyl (C=O) groups is 1. The van der Waals surface area contributed by atoms with Crippen LogP contribution in [-0.4, -0.2) is 43.5 Å². The fourth-order valence-corrected chi connectivity index (χ4v) is 3.89. The monoisotopic (exact) mass is 519 g/mol. The lowest BCUT2D eigenvalue weighted by Gasteiger charge is -2.30. The molecular weight excluding hydrogens is 481 g/mol. The minimum atomic E-state index is 0.250. The number of halogens is 2. The first-order valence-electron chi connectivity index (χ1n) is 11.5. The second-order valence-electron chi connectivity index (χ2n) is 7.79. The second kappa shape index (κ2) is 20.7. The Hall–Kier alpha value is -2.67. The van der Waals surface area contributed by atoms with Gasteiger partial charge in [0.2, 0.25) is 6.41 Å². The highest BCUT2D eigenvalue weighted by atomic mass is 35.5. The van der Waals surface area contributed by atoms with Crippen molar-refractivity contribution < 1.29 is 4.79 Å². The summed E-state index contributed by atoms with van der Waals surface area (Å²) < 4.78 is 0. The van der Waals surface area contributed by atoms with E-state index in [1.165, 1.54) is 5.56 Å². The Labute approximate surface area is 220 Å². The SMILES string of the molecule is C=CC.C=N.N=C(CC1CCNCC1)N(CCc1ccccc1)Cc1ccc(Cl)c(Cl)c1.NC=O. The Morgan fingerprint density at radius 3 is 2.23 bits per heavy atom. The van der Waals surface area contributed by atoms with Crippen LogP contribution in [0.3, 0.4) is 0 Å². The Balaban J connectivity index is 0.00000129. The smallest absolute Gasteiger partial charge is 0.204 e. The Bertz CT molecular complexity index is 852. The average molecular weight is 521 g/mol. The van der Waals surface area contributed by atoms with Crippen LogP contribution in [0.1, 0.15) is 37.3 Å². The summed E-state index contributed by atoms with van der Waals surface area (Å²) in [6.07, 6.45) is 6.08. The van der Waals surface area contributed by atoms with Gasteiger partial charge in [0.25, 0.3) is 0 Å². The molecule has 5 N–H and O–H groups in total. The summed E-state index contributed by atoms with van der Waals surface area (Å²) in [5, 5.41) is 18.8. The van der Waals surface area contributed by atoms with Crippen molar-refractivity contribution in [2.24, 2.45) is 11.7 Å². The van der Waals surface area contributed by atoms with E-state index in [0.29, 0.717) is 22.5 Å². The largest absolute Gasteiger partial charge is 0.372 e. The molecule has 1 aliphatic rings. The van der Waals surface area contributed by atoms with E-state index in [2.05, 4.69) is 53.5 Å². The summed E-state index contributed by atoms with van der Waals surface area (Å²) in [5.41, 5.74) is 6.55. The first-order valence-corrected chi connectivity index (χ1v) is 12.3. The Morgan fingerprint density at radius 2 is 1.69 bits per heavy atom. The van der Waals surface area contributed by atoms with Crippen molar-refractivity contribution >= 4 is 42.2 Å². The molecule has 0 bridgehead atoms. The zero-order valence-electron chi connectivity index (χ0n) is 20.6. The van der Waals surface area contributed by atoms with Crippen molar-refractivity contribution in [2.75, 3.05) is 19.6 Å². The molecule has 0 saturated carbocycles. The number of nitrogens with one attached hydrogen (secondary N) is 3. The molecule has 2 aromatic carbocycles.